The normalized spacial score (nSPS) is 20.3. The van der Waals surface area contributed by atoms with Gasteiger partial charge in [-0.2, -0.15) is 5.10 Å². The van der Waals surface area contributed by atoms with Crippen LogP contribution in [0.4, 0.5) is 5.82 Å². The van der Waals surface area contributed by atoms with Gasteiger partial charge in [-0.1, -0.05) is 66.2 Å². The number of benzene rings is 1. The molecule has 1 atom stereocenters. The number of rotatable bonds is 3. The summed E-state index contributed by atoms with van der Waals surface area (Å²) in [5.74, 6) is 0.982. The molecule has 1 aromatic carbocycles. The van der Waals surface area contributed by atoms with E-state index >= 15 is 0 Å². The highest BCUT2D eigenvalue weighted by Gasteiger charge is 2.32. The van der Waals surface area contributed by atoms with Gasteiger partial charge < -0.3 is 0 Å². The zero-order chi connectivity index (χ0) is 15.6. The van der Waals surface area contributed by atoms with E-state index in [4.69, 9.17) is 16.7 Å². The largest absolute Gasteiger partial charge is 0.238 e. The number of halogens is 1. The second kappa shape index (κ2) is 5.97. The van der Waals surface area contributed by atoms with Crippen LogP contribution in [-0.2, 0) is 0 Å². The van der Waals surface area contributed by atoms with Gasteiger partial charge in [-0.05, 0) is 17.7 Å². The molecule has 5 heteroatoms. The molecular weight excluding hydrogens is 308 g/mol. The van der Waals surface area contributed by atoms with Crippen molar-refractivity contribution < 1.29 is 0 Å². The molecule has 2 aromatic rings. The van der Waals surface area contributed by atoms with Gasteiger partial charge in [0.15, 0.2) is 11.0 Å². The molecule has 1 unspecified atom stereocenters. The van der Waals surface area contributed by atoms with Crippen molar-refractivity contribution in [1.29, 1.82) is 0 Å². The number of nitrogens with zero attached hydrogens (tertiary/aromatic N) is 4. The fourth-order valence-corrected chi connectivity index (χ4v) is 3.07. The lowest BCUT2D eigenvalue weighted by Gasteiger charge is -2.22. The third kappa shape index (κ3) is 2.78. The van der Waals surface area contributed by atoms with Crippen molar-refractivity contribution in [3.05, 3.63) is 77.5 Å². The lowest BCUT2D eigenvalue weighted by Crippen LogP contribution is -2.19. The number of aromatic nitrogens is 2. The van der Waals surface area contributed by atoms with Crippen LogP contribution in [0.2, 0.25) is 5.15 Å². The zero-order valence-corrected chi connectivity index (χ0v) is 13.1. The molecule has 1 aromatic heterocycles. The molecule has 1 aliphatic heterocycles. The predicted octanol–water partition coefficient (Wildman–Crippen LogP) is 4.18. The van der Waals surface area contributed by atoms with E-state index in [2.05, 4.69) is 58.8 Å². The molecule has 0 fully saturated rings. The van der Waals surface area contributed by atoms with Gasteiger partial charge in [0.1, 0.15) is 0 Å². The monoisotopic (exact) mass is 322 g/mol. The van der Waals surface area contributed by atoms with Crippen LogP contribution in [0.15, 0.2) is 71.9 Å². The van der Waals surface area contributed by atoms with Crippen LogP contribution in [0, 0.1) is 5.92 Å². The van der Waals surface area contributed by atoms with E-state index in [1.54, 1.807) is 6.07 Å². The number of allylic oxidation sites excluding steroid dienone is 4. The smallest absolute Gasteiger partial charge is 0.172 e. The van der Waals surface area contributed by atoms with Gasteiger partial charge in [-0.3, -0.25) is 0 Å². The molecule has 1 aliphatic carbocycles. The molecule has 2 aliphatic rings. The Labute approximate surface area is 139 Å². The van der Waals surface area contributed by atoms with Crippen molar-refractivity contribution in [3.8, 4) is 0 Å². The molecule has 0 bridgehead atoms. The quantitative estimate of drug-likeness (QED) is 0.851. The van der Waals surface area contributed by atoms with Crippen LogP contribution in [0.5, 0.6) is 0 Å². The Morgan fingerprint density at radius 2 is 1.74 bits per heavy atom. The van der Waals surface area contributed by atoms with E-state index < -0.39 is 0 Å². The molecular formula is C18H15ClN4. The van der Waals surface area contributed by atoms with E-state index in [0.717, 1.165) is 12.1 Å². The van der Waals surface area contributed by atoms with Gasteiger partial charge in [0, 0.05) is 12.3 Å². The highest BCUT2D eigenvalue weighted by Crippen LogP contribution is 2.36. The molecule has 114 valence electrons. The molecule has 0 spiro atoms. The maximum atomic E-state index is 5.86. The molecule has 0 saturated heterocycles. The highest BCUT2D eigenvalue weighted by molar-refractivity contribution is 6.29. The maximum Gasteiger partial charge on any atom is 0.172 e. The molecule has 23 heavy (non-hydrogen) atoms. The SMILES string of the molecule is Clc1ccc(N2N=C(C3C=CC=C3)CC2c2ccccc2)nn1. The summed E-state index contributed by atoms with van der Waals surface area (Å²) >= 11 is 5.86. The molecule has 4 rings (SSSR count). The maximum absolute atomic E-state index is 5.86. The molecule has 4 nitrogen and oxygen atoms in total. The Morgan fingerprint density at radius 3 is 2.43 bits per heavy atom. The lowest BCUT2D eigenvalue weighted by molar-refractivity contribution is 0.690. The van der Waals surface area contributed by atoms with Crippen molar-refractivity contribution in [2.24, 2.45) is 11.0 Å². The van der Waals surface area contributed by atoms with Crippen molar-refractivity contribution >= 4 is 23.1 Å². The van der Waals surface area contributed by atoms with Gasteiger partial charge in [-0.15, -0.1) is 10.2 Å². The van der Waals surface area contributed by atoms with Crippen molar-refractivity contribution in [2.75, 3.05) is 5.01 Å². The molecule has 0 amide bonds. The summed E-state index contributed by atoms with van der Waals surface area (Å²) < 4.78 is 0. The third-order valence-electron chi connectivity index (χ3n) is 4.10. The molecule has 2 heterocycles. The summed E-state index contributed by atoms with van der Waals surface area (Å²) in [6, 6.07) is 14.1. The average Bonchev–Trinajstić information content (AvgIpc) is 3.26. The Balaban J connectivity index is 1.71. The van der Waals surface area contributed by atoms with Crippen LogP contribution >= 0.6 is 11.6 Å². The van der Waals surface area contributed by atoms with Crippen LogP contribution < -0.4 is 5.01 Å². The van der Waals surface area contributed by atoms with E-state index in [1.807, 2.05) is 17.1 Å². The van der Waals surface area contributed by atoms with Crippen LogP contribution in [-0.4, -0.2) is 15.9 Å². The lowest BCUT2D eigenvalue weighted by atomic mass is 9.96. The summed E-state index contributed by atoms with van der Waals surface area (Å²) in [6.07, 6.45) is 9.33. The highest BCUT2D eigenvalue weighted by atomic mass is 35.5. The Morgan fingerprint density at radius 1 is 0.957 bits per heavy atom. The number of hydrogen-bond acceptors (Lipinski definition) is 4. The Kier molecular flexibility index (Phi) is 3.67. The van der Waals surface area contributed by atoms with Crippen molar-refractivity contribution in [1.82, 2.24) is 10.2 Å². The first kappa shape index (κ1) is 14.2. The summed E-state index contributed by atoms with van der Waals surface area (Å²) in [7, 11) is 0. The molecule has 0 N–H and O–H groups in total. The van der Waals surface area contributed by atoms with E-state index in [9.17, 15) is 0 Å². The van der Waals surface area contributed by atoms with E-state index in [0.29, 0.717) is 11.0 Å². The number of hydrogen-bond donors (Lipinski definition) is 0. The first-order chi connectivity index (χ1) is 11.3. The third-order valence-corrected chi connectivity index (χ3v) is 4.31. The summed E-state index contributed by atoms with van der Waals surface area (Å²) in [6.45, 7) is 0. The van der Waals surface area contributed by atoms with Crippen molar-refractivity contribution in [3.63, 3.8) is 0 Å². The minimum absolute atomic E-state index is 0.129. The summed E-state index contributed by atoms with van der Waals surface area (Å²) in [5, 5.41) is 15.3. The van der Waals surface area contributed by atoms with Gasteiger partial charge in [0.25, 0.3) is 0 Å². The first-order valence-electron chi connectivity index (χ1n) is 7.57. The summed E-state index contributed by atoms with van der Waals surface area (Å²) in [4.78, 5) is 0. The van der Waals surface area contributed by atoms with Gasteiger partial charge >= 0.3 is 0 Å². The number of hydrazone groups is 1. The van der Waals surface area contributed by atoms with Crippen LogP contribution in [0.25, 0.3) is 0 Å². The summed E-state index contributed by atoms with van der Waals surface area (Å²) in [5.41, 5.74) is 2.36. The fourth-order valence-electron chi connectivity index (χ4n) is 2.97. The second-order valence-corrected chi connectivity index (χ2v) is 5.96. The zero-order valence-electron chi connectivity index (χ0n) is 12.4. The fraction of sp³-hybridized carbons (Fsp3) is 0.167. The Hall–Kier alpha value is -2.46. The van der Waals surface area contributed by atoms with E-state index in [1.165, 1.54) is 5.56 Å². The van der Waals surface area contributed by atoms with Gasteiger partial charge in [0.2, 0.25) is 0 Å². The van der Waals surface area contributed by atoms with Gasteiger partial charge in [-0.25, -0.2) is 5.01 Å². The Bertz CT molecular complexity index is 768. The van der Waals surface area contributed by atoms with Crippen LogP contribution in [0.3, 0.4) is 0 Å². The average molecular weight is 323 g/mol. The van der Waals surface area contributed by atoms with E-state index in [-0.39, 0.29) is 12.0 Å². The topological polar surface area (TPSA) is 41.4 Å². The number of anilines is 1. The van der Waals surface area contributed by atoms with Crippen LogP contribution in [0.1, 0.15) is 18.0 Å². The van der Waals surface area contributed by atoms with Crippen molar-refractivity contribution in [2.45, 2.75) is 12.5 Å². The molecule has 0 radical (unpaired) electrons. The second-order valence-electron chi connectivity index (χ2n) is 5.58. The minimum atomic E-state index is 0.129. The molecule has 0 saturated carbocycles. The predicted molar refractivity (Wildman–Crippen MR) is 92.5 cm³/mol. The standard InChI is InChI=1S/C18H15ClN4/c19-17-10-11-18(21-20-17)23-16(14-8-2-1-3-9-14)12-15(22-23)13-6-4-5-7-13/h1-11,13,16H,12H2. The first-order valence-corrected chi connectivity index (χ1v) is 7.95. The van der Waals surface area contributed by atoms with Gasteiger partial charge in [0.05, 0.1) is 11.8 Å². The minimum Gasteiger partial charge on any atom is -0.238 e.